The molecule has 1 aromatic heterocycles. The molecule has 2 rings (SSSR count). The number of benzene rings is 1. The minimum Gasteiger partial charge on any atom is -0.321 e. The second-order valence-corrected chi connectivity index (χ2v) is 6.06. The summed E-state index contributed by atoms with van der Waals surface area (Å²) < 4.78 is 1.69. The van der Waals surface area contributed by atoms with Gasteiger partial charge in [0.25, 0.3) is 5.91 Å². The summed E-state index contributed by atoms with van der Waals surface area (Å²) in [5.74, 6) is -0.230. The van der Waals surface area contributed by atoms with E-state index in [-0.39, 0.29) is 5.91 Å². The molecule has 6 heteroatoms. The Hall–Kier alpha value is -0.910. The van der Waals surface area contributed by atoms with Gasteiger partial charge in [0.05, 0.1) is 5.69 Å². The monoisotopic (exact) mass is 402 g/mol. The van der Waals surface area contributed by atoms with Gasteiger partial charge in [-0.2, -0.15) is 0 Å². The molecule has 0 aliphatic heterocycles. The normalized spacial score (nSPS) is 10.3. The predicted molar refractivity (Wildman–Crippen MR) is 83.8 cm³/mol. The number of hydrogen-bond donors (Lipinski definition) is 1. The second-order valence-electron chi connectivity index (χ2n) is 3.90. The second kappa shape index (κ2) is 6.03. The van der Waals surface area contributed by atoms with Gasteiger partial charge in [-0.1, -0.05) is 27.5 Å². The molecule has 19 heavy (non-hydrogen) atoms. The molecule has 1 aromatic carbocycles. The summed E-state index contributed by atoms with van der Waals surface area (Å²) in [6.45, 7) is 1.79. The Kier molecular flexibility index (Phi) is 4.60. The number of nitrogens with zero attached hydrogens (tertiary/aromatic N) is 1. The van der Waals surface area contributed by atoms with Crippen molar-refractivity contribution in [3.05, 3.63) is 55.7 Å². The molecule has 0 fully saturated rings. The van der Waals surface area contributed by atoms with Gasteiger partial charge < -0.3 is 5.32 Å². The van der Waals surface area contributed by atoms with Crippen molar-refractivity contribution in [1.29, 1.82) is 0 Å². The first-order valence-corrected chi connectivity index (χ1v) is 7.32. The summed E-state index contributed by atoms with van der Waals surface area (Å²) in [6, 6.07) is 8.78. The fraction of sp³-hybridized carbons (Fsp3) is 0.0769. The summed E-state index contributed by atoms with van der Waals surface area (Å²) in [5, 5.41) is 3.12. The van der Waals surface area contributed by atoms with Crippen LogP contribution in [0.4, 0.5) is 5.69 Å². The summed E-state index contributed by atoms with van der Waals surface area (Å²) >= 11 is 12.6. The average molecular weight is 404 g/mol. The molecule has 0 aliphatic rings. The molecule has 0 aliphatic carbocycles. The highest BCUT2D eigenvalue weighted by Gasteiger charge is 2.10. The van der Waals surface area contributed by atoms with Crippen molar-refractivity contribution in [2.24, 2.45) is 0 Å². The molecular formula is C13H9Br2ClN2O. The molecule has 0 unspecified atom stereocenters. The Morgan fingerprint density at radius 2 is 2.00 bits per heavy atom. The number of carbonyl (C=O) groups is 1. The fourth-order valence-electron chi connectivity index (χ4n) is 1.55. The maximum Gasteiger partial charge on any atom is 0.255 e. The number of amides is 1. The highest BCUT2D eigenvalue weighted by molar-refractivity contribution is 9.11. The van der Waals surface area contributed by atoms with E-state index in [9.17, 15) is 4.79 Å². The topological polar surface area (TPSA) is 42.0 Å². The van der Waals surface area contributed by atoms with E-state index in [0.717, 1.165) is 8.95 Å². The van der Waals surface area contributed by atoms with Gasteiger partial charge >= 0.3 is 0 Å². The number of carbonyl (C=O) groups excluding carboxylic acids is 1. The first kappa shape index (κ1) is 14.5. The molecule has 0 bridgehead atoms. The molecule has 0 atom stereocenters. The van der Waals surface area contributed by atoms with Crippen LogP contribution in [0.3, 0.4) is 0 Å². The summed E-state index contributed by atoms with van der Waals surface area (Å²) in [7, 11) is 0. The molecule has 0 spiro atoms. The van der Waals surface area contributed by atoms with E-state index < -0.39 is 0 Å². The Bertz CT molecular complexity index is 626. The van der Waals surface area contributed by atoms with E-state index in [1.165, 1.54) is 6.07 Å². The first-order valence-electron chi connectivity index (χ1n) is 5.36. The van der Waals surface area contributed by atoms with Crippen molar-refractivity contribution in [2.45, 2.75) is 6.92 Å². The van der Waals surface area contributed by atoms with E-state index in [4.69, 9.17) is 11.6 Å². The van der Waals surface area contributed by atoms with Gasteiger partial charge in [-0.3, -0.25) is 4.79 Å². The van der Waals surface area contributed by atoms with Crippen LogP contribution in [0.2, 0.25) is 5.15 Å². The van der Waals surface area contributed by atoms with Crippen molar-refractivity contribution < 1.29 is 4.79 Å². The van der Waals surface area contributed by atoms with Crippen LogP contribution in [-0.2, 0) is 0 Å². The zero-order chi connectivity index (χ0) is 14.0. The number of rotatable bonds is 2. The van der Waals surface area contributed by atoms with E-state index in [2.05, 4.69) is 42.2 Å². The van der Waals surface area contributed by atoms with Gasteiger partial charge in [-0.05, 0) is 53.2 Å². The van der Waals surface area contributed by atoms with Gasteiger partial charge in [-0.15, -0.1) is 0 Å². The van der Waals surface area contributed by atoms with E-state index in [0.29, 0.717) is 22.1 Å². The fourth-order valence-corrected chi connectivity index (χ4v) is 2.50. The van der Waals surface area contributed by atoms with Crippen molar-refractivity contribution in [3.8, 4) is 0 Å². The smallest absolute Gasteiger partial charge is 0.255 e. The van der Waals surface area contributed by atoms with E-state index >= 15 is 0 Å². The number of nitrogens with one attached hydrogen (secondary N) is 1. The van der Waals surface area contributed by atoms with Crippen molar-refractivity contribution in [3.63, 3.8) is 0 Å². The number of anilines is 1. The van der Waals surface area contributed by atoms with Crippen molar-refractivity contribution >= 4 is 55.1 Å². The third-order valence-electron chi connectivity index (χ3n) is 2.36. The summed E-state index contributed by atoms with van der Waals surface area (Å²) in [5.41, 5.74) is 1.86. The van der Waals surface area contributed by atoms with Gasteiger partial charge in [0.2, 0.25) is 0 Å². The Morgan fingerprint density at radius 3 is 2.68 bits per heavy atom. The lowest BCUT2D eigenvalue weighted by Gasteiger charge is -2.08. The van der Waals surface area contributed by atoms with Crippen LogP contribution in [0.1, 0.15) is 16.1 Å². The maximum absolute atomic E-state index is 12.1. The molecule has 3 nitrogen and oxygen atoms in total. The van der Waals surface area contributed by atoms with Crippen LogP contribution in [0.15, 0.2) is 39.3 Å². The number of aromatic nitrogens is 1. The Balaban J connectivity index is 2.28. The highest BCUT2D eigenvalue weighted by atomic mass is 79.9. The molecular weight excluding hydrogens is 395 g/mol. The van der Waals surface area contributed by atoms with E-state index in [1.54, 1.807) is 13.0 Å². The van der Waals surface area contributed by atoms with Crippen LogP contribution in [0.25, 0.3) is 0 Å². The Morgan fingerprint density at radius 1 is 1.26 bits per heavy atom. The highest BCUT2D eigenvalue weighted by Crippen LogP contribution is 2.26. The van der Waals surface area contributed by atoms with Crippen molar-refractivity contribution in [1.82, 2.24) is 4.98 Å². The average Bonchev–Trinajstić information content (AvgIpc) is 2.32. The number of hydrogen-bond acceptors (Lipinski definition) is 2. The van der Waals surface area contributed by atoms with Gasteiger partial charge in [0.1, 0.15) is 5.15 Å². The van der Waals surface area contributed by atoms with Crippen LogP contribution >= 0.6 is 43.5 Å². The van der Waals surface area contributed by atoms with Crippen LogP contribution in [0, 0.1) is 6.92 Å². The van der Waals surface area contributed by atoms with Crippen LogP contribution in [-0.4, -0.2) is 10.9 Å². The third-order valence-corrected chi connectivity index (χ3v) is 3.74. The lowest BCUT2D eigenvalue weighted by Crippen LogP contribution is -2.12. The molecule has 0 radical (unpaired) electrons. The van der Waals surface area contributed by atoms with Gasteiger partial charge in [0.15, 0.2) is 0 Å². The molecule has 0 saturated heterocycles. The zero-order valence-corrected chi connectivity index (χ0v) is 13.8. The minimum absolute atomic E-state index is 0.230. The van der Waals surface area contributed by atoms with Gasteiger partial charge in [-0.25, -0.2) is 4.98 Å². The standard InChI is InChI=1S/C13H9Br2ClN2O/c1-7-4-8(5-12(16)17-7)13(19)18-11-6-9(14)2-3-10(11)15/h2-6H,1H3,(H,18,19). The summed E-state index contributed by atoms with van der Waals surface area (Å²) in [6.07, 6.45) is 0. The Labute approximate surface area is 132 Å². The maximum atomic E-state index is 12.1. The quantitative estimate of drug-likeness (QED) is 0.729. The lowest BCUT2D eigenvalue weighted by atomic mass is 10.2. The molecule has 1 N–H and O–H groups in total. The zero-order valence-electron chi connectivity index (χ0n) is 9.88. The first-order chi connectivity index (χ1) is 8.95. The van der Waals surface area contributed by atoms with E-state index in [1.807, 2.05) is 18.2 Å². The number of pyridine rings is 1. The molecule has 2 aromatic rings. The molecule has 98 valence electrons. The van der Waals surface area contributed by atoms with Gasteiger partial charge in [0, 0.05) is 20.2 Å². The lowest BCUT2D eigenvalue weighted by molar-refractivity contribution is 0.102. The number of halogens is 3. The largest absolute Gasteiger partial charge is 0.321 e. The number of aryl methyl sites for hydroxylation is 1. The molecule has 1 heterocycles. The predicted octanol–water partition coefficient (Wildman–Crippen LogP) is 4.82. The SMILES string of the molecule is Cc1cc(C(=O)Nc2cc(Br)ccc2Br)cc(Cl)n1. The van der Waals surface area contributed by atoms with Crippen LogP contribution in [0.5, 0.6) is 0 Å². The third kappa shape index (κ3) is 3.78. The molecule has 0 saturated carbocycles. The minimum atomic E-state index is -0.230. The summed E-state index contributed by atoms with van der Waals surface area (Å²) in [4.78, 5) is 16.2. The molecule has 1 amide bonds. The van der Waals surface area contributed by atoms with Crippen LogP contribution < -0.4 is 5.32 Å². The van der Waals surface area contributed by atoms with Crippen molar-refractivity contribution in [2.75, 3.05) is 5.32 Å².